The summed E-state index contributed by atoms with van der Waals surface area (Å²) in [5.41, 5.74) is 4.09. The lowest BCUT2D eigenvalue weighted by atomic mass is 10.1. The van der Waals surface area contributed by atoms with Crippen LogP contribution in [0.4, 0.5) is 18.9 Å². The molecule has 0 fully saturated rings. The number of nitrogens with zero attached hydrogens (tertiary/aromatic N) is 1. The summed E-state index contributed by atoms with van der Waals surface area (Å²) in [7, 11) is 1.38. The van der Waals surface area contributed by atoms with Gasteiger partial charge in [0.05, 0.1) is 12.1 Å². The molecule has 1 aromatic rings. The molecule has 0 saturated heterocycles. The summed E-state index contributed by atoms with van der Waals surface area (Å²) in [5.74, 6) is -0.681. The third-order valence-electron chi connectivity index (χ3n) is 2.01. The van der Waals surface area contributed by atoms with Crippen LogP contribution >= 0.6 is 0 Å². The van der Waals surface area contributed by atoms with Gasteiger partial charge in [-0.3, -0.25) is 4.79 Å². The van der Waals surface area contributed by atoms with Crippen LogP contribution in [0.2, 0.25) is 0 Å². The average molecular weight is 232 g/mol. The monoisotopic (exact) mass is 232 g/mol. The van der Waals surface area contributed by atoms with E-state index in [1.165, 1.54) is 30.1 Å². The number of alkyl halides is 3. The number of carbonyl (C=O) groups is 1. The fourth-order valence-electron chi connectivity index (χ4n) is 1.37. The van der Waals surface area contributed by atoms with Crippen molar-refractivity contribution in [2.45, 2.75) is 6.18 Å². The number of nitrogens with two attached hydrogens (primary N) is 1. The predicted octanol–water partition coefficient (Wildman–Crippen LogP) is 1.63. The Morgan fingerprint density at radius 2 is 1.94 bits per heavy atom. The van der Waals surface area contributed by atoms with Gasteiger partial charge in [-0.05, 0) is 12.1 Å². The number of likely N-dealkylation sites (N-methyl/N-ethyl adjacent to an activating group) is 1. The largest absolute Gasteiger partial charge is 0.418 e. The first-order chi connectivity index (χ1) is 7.32. The summed E-state index contributed by atoms with van der Waals surface area (Å²) < 4.78 is 37.8. The van der Waals surface area contributed by atoms with Crippen LogP contribution in [0.3, 0.4) is 0 Å². The third kappa shape index (κ3) is 2.88. The lowest BCUT2D eigenvalue weighted by Crippen LogP contribution is -2.31. The van der Waals surface area contributed by atoms with E-state index in [9.17, 15) is 18.0 Å². The second-order valence-electron chi connectivity index (χ2n) is 3.34. The Bertz CT molecular complexity index is 390. The van der Waals surface area contributed by atoms with E-state index in [1.54, 1.807) is 0 Å². The van der Waals surface area contributed by atoms with Gasteiger partial charge in [0.25, 0.3) is 0 Å². The minimum Gasteiger partial charge on any atom is -0.368 e. The van der Waals surface area contributed by atoms with Crippen LogP contribution in [0.25, 0.3) is 0 Å². The molecule has 1 aromatic carbocycles. The summed E-state index contributed by atoms with van der Waals surface area (Å²) >= 11 is 0. The molecule has 6 heteroatoms. The highest BCUT2D eigenvalue weighted by molar-refractivity contribution is 5.79. The molecule has 0 aliphatic heterocycles. The molecular weight excluding hydrogens is 221 g/mol. The Balaban J connectivity index is 3.08. The third-order valence-corrected chi connectivity index (χ3v) is 2.01. The Hall–Kier alpha value is -1.72. The van der Waals surface area contributed by atoms with Crippen molar-refractivity contribution in [3.8, 4) is 0 Å². The highest BCUT2D eigenvalue weighted by Gasteiger charge is 2.34. The number of hydrogen-bond acceptors (Lipinski definition) is 2. The second kappa shape index (κ2) is 4.42. The molecule has 0 bridgehead atoms. The van der Waals surface area contributed by atoms with Crippen molar-refractivity contribution >= 4 is 11.6 Å². The second-order valence-corrected chi connectivity index (χ2v) is 3.34. The van der Waals surface area contributed by atoms with E-state index in [0.717, 1.165) is 6.07 Å². The lowest BCUT2D eigenvalue weighted by Gasteiger charge is -2.21. The molecule has 0 spiro atoms. The first-order valence-electron chi connectivity index (χ1n) is 4.48. The molecule has 3 nitrogen and oxygen atoms in total. The number of benzene rings is 1. The molecular formula is C10H11F3N2O. The van der Waals surface area contributed by atoms with Gasteiger partial charge in [-0.2, -0.15) is 13.2 Å². The van der Waals surface area contributed by atoms with Crippen LogP contribution in [0.15, 0.2) is 24.3 Å². The zero-order valence-corrected chi connectivity index (χ0v) is 8.58. The topological polar surface area (TPSA) is 46.3 Å². The maximum atomic E-state index is 12.6. The number of carbonyl (C=O) groups excluding carboxylic acids is 1. The van der Waals surface area contributed by atoms with Crippen molar-refractivity contribution in [2.24, 2.45) is 5.73 Å². The van der Waals surface area contributed by atoms with Crippen molar-refractivity contribution in [3.05, 3.63) is 29.8 Å². The SMILES string of the molecule is CN(CC(N)=O)c1ccccc1C(F)(F)F. The van der Waals surface area contributed by atoms with E-state index in [2.05, 4.69) is 0 Å². The molecule has 0 unspecified atom stereocenters. The quantitative estimate of drug-likeness (QED) is 0.860. The Labute approximate surface area is 90.6 Å². The van der Waals surface area contributed by atoms with Crippen molar-refractivity contribution in [3.63, 3.8) is 0 Å². The first kappa shape index (κ1) is 12.4. The zero-order valence-electron chi connectivity index (χ0n) is 8.58. The van der Waals surface area contributed by atoms with Crippen LogP contribution in [-0.2, 0) is 11.0 Å². The van der Waals surface area contributed by atoms with Gasteiger partial charge in [-0.1, -0.05) is 12.1 Å². The molecule has 0 saturated carbocycles. The van der Waals surface area contributed by atoms with Crippen molar-refractivity contribution in [1.82, 2.24) is 0 Å². The van der Waals surface area contributed by atoms with E-state index in [0.29, 0.717) is 0 Å². The molecule has 88 valence electrons. The first-order valence-corrected chi connectivity index (χ1v) is 4.48. The van der Waals surface area contributed by atoms with Crippen molar-refractivity contribution < 1.29 is 18.0 Å². The fraction of sp³-hybridized carbons (Fsp3) is 0.300. The Morgan fingerprint density at radius 3 is 2.44 bits per heavy atom. The summed E-state index contributed by atoms with van der Waals surface area (Å²) in [6, 6.07) is 5.03. The molecule has 0 aliphatic carbocycles. The molecule has 16 heavy (non-hydrogen) atoms. The molecule has 0 atom stereocenters. The molecule has 2 N–H and O–H groups in total. The van der Waals surface area contributed by atoms with E-state index >= 15 is 0 Å². The van der Waals surface area contributed by atoms with Crippen molar-refractivity contribution in [2.75, 3.05) is 18.5 Å². The molecule has 1 rings (SSSR count). The van der Waals surface area contributed by atoms with Crippen LogP contribution < -0.4 is 10.6 Å². The number of halogens is 3. The molecule has 0 heterocycles. The van der Waals surface area contributed by atoms with Gasteiger partial charge in [0.15, 0.2) is 0 Å². The number of amides is 1. The summed E-state index contributed by atoms with van der Waals surface area (Å²) in [6.07, 6.45) is -4.44. The number of hydrogen-bond donors (Lipinski definition) is 1. The minimum atomic E-state index is -4.44. The fourth-order valence-corrected chi connectivity index (χ4v) is 1.37. The van der Waals surface area contributed by atoms with Crippen LogP contribution in [0.5, 0.6) is 0 Å². The van der Waals surface area contributed by atoms with E-state index < -0.39 is 17.6 Å². The maximum absolute atomic E-state index is 12.6. The van der Waals surface area contributed by atoms with Gasteiger partial charge in [-0.25, -0.2) is 0 Å². The summed E-state index contributed by atoms with van der Waals surface area (Å²) in [6.45, 7) is -0.257. The molecule has 0 radical (unpaired) electrons. The Kier molecular flexibility index (Phi) is 3.41. The normalized spacial score (nSPS) is 11.2. The number of primary amides is 1. The maximum Gasteiger partial charge on any atom is 0.418 e. The van der Waals surface area contributed by atoms with Gasteiger partial charge < -0.3 is 10.6 Å². The number of rotatable bonds is 3. The number of anilines is 1. The molecule has 0 aromatic heterocycles. The van der Waals surface area contributed by atoms with Gasteiger partial charge in [0, 0.05) is 12.7 Å². The highest BCUT2D eigenvalue weighted by Crippen LogP contribution is 2.35. The lowest BCUT2D eigenvalue weighted by molar-refractivity contribution is -0.137. The van der Waals surface area contributed by atoms with E-state index in [1.807, 2.05) is 0 Å². The van der Waals surface area contributed by atoms with Crippen LogP contribution in [-0.4, -0.2) is 19.5 Å². The van der Waals surface area contributed by atoms with Gasteiger partial charge in [-0.15, -0.1) is 0 Å². The van der Waals surface area contributed by atoms with Crippen molar-refractivity contribution in [1.29, 1.82) is 0 Å². The predicted molar refractivity (Wildman–Crippen MR) is 53.9 cm³/mol. The number of para-hydroxylation sites is 1. The zero-order chi connectivity index (χ0) is 12.3. The van der Waals surface area contributed by atoms with E-state index in [4.69, 9.17) is 5.73 Å². The summed E-state index contributed by atoms with van der Waals surface area (Å²) in [5, 5.41) is 0. The smallest absolute Gasteiger partial charge is 0.368 e. The average Bonchev–Trinajstić information content (AvgIpc) is 2.15. The highest BCUT2D eigenvalue weighted by atomic mass is 19.4. The van der Waals surface area contributed by atoms with Crippen LogP contribution in [0, 0.1) is 0 Å². The van der Waals surface area contributed by atoms with Gasteiger partial charge >= 0.3 is 6.18 Å². The van der Waals surface area contributed by atoms with E-state index in [-0.39, 0.29) is 12.2 Å². The van der Waals surface area contributed by atoms with Gasteiger partial charge in [0.2, 0.25) is 5.91 Å². The van der Waals surface area contributed by atoms with Gasteiger partial charge in [0.1, 0.15) is 0 Å². The minimum absolute atomic E-state index is 0.0613. The summed E-state index contributed by atoms with van der Waals surface area (Å²) in [4.78, 5) is 11.8. The molecule has 1 amide bonds. The Morgan fingerprint density at radius 1 is 1.38 bits per heavy atom. The standard InChI is InChI=1S/C10H11F3N2O/c1-15(6-9(14)16)8-5-3-2-4-7(8)10(11,12)13/h2-5H,6H2,1H3,(H2,14,16). The van der Waals surface area contributed by atoms with Crippen LogP contribution in [0.1, 0.15) is 5.56 Å². The molecule has 0 aliphatic rings.